The predicted octanol–water partition coefficient (Wildman–Crippen LogP) is 4.99. The minimum absolute atomic E-state index is 0.130. The van der Waals surface area contributed by atoms with E-state index in [4.69, 9.17) is 0 Å². The van der Waals surface area contributed by atoms with Crippen LogP contribution in [0.5, 0.6) is 0 Å². The zero-order valence-electron chi connectivity index (χ0n) is 18.0. The molecule has 0 aliphatic rings. The summed E-state index contributed by atoms with van der Waals surface area (Å²) in [6.07, 6.45) is 0. The van der Waals surface area contributed by atoms with Gasteiger partial charge in [0, 0.05) is 12.1 Å². The summed E-state index contributed by atoms with van der Waals surface area (Å²) in [4.78, 5) is 12.4. The van der Waals surface area contributed by atoms with Crippen molar-refractivity contribution in [3.8, 4) is 11.4 Å². The van der Waals surface area contributed by atoms with Gasteiger partial charge in [-0.05, 0) is 53.9 Å². The number of carbonyl (C=O) groups excluding carboxylic acids is 1. The Morgan fingerprint density at radius 1 is 0.970 bits per heavy atom. The van der Waals surface area contributed by atoms with Crippen LogP contribution >= 0.6 is 11.8 Å². The highest BCUT2D eigenvalue weighted by molar-refractivity contribution is 7.99. The molecule has 5 nitrogen and oxygen atoms in total. The lowest BCUT2D eigenvalue weighted by molar-refractivity contribution is -0.118. The summed E-state index contributed by atoms with van der Waals surface area (Å²) in [5, 5.41) is 12.0. The molecule has 8 heteroatoms. The molecule has 0 atom stereocenters. The number of hydrogen-bond acceptors (Lipinski definition) is 4. The molecule has 0 bridgehead atoms. The van der Waals surface area contributed by atoms with Gasteiger partial charge in [0.2, 0.25) is 5.91 Å². The maximum atomic E-state index is 13.7. The molecule has 0 unspecified atom stereocenters. The first-order valence-corrected chi connectivity index (χ1v) is 11.4. The molecule has 168 valence electrons. The second-order valence-electron chi connectivity index (χ2n) is 7.53. The molecule has 0 fully saturated rings. The van der Waals surface area contributed by atoms with Crippen molar-refractivity contribution in [1.29, 1.82) is 0 Å². The van der Waals surface area contributed by atoms with Crippen LogP contribution in [0.2, 0.25) is 0 Å². The van der Waals surface area contributed by atoms with Crippen molar-refractivity contribution < 1.29 is 13.6 Å². The fourth-order valence-electron chi connectivity index (χ4n) is 3.24. The molecule has 0 aliphatic heterocycles. The summed E-state index contributed by atoms with van der Waals surface area (Å²) in [5.74, 6) is -0.0912. The Hall–Kier alpha value is -3.52. The first-order chi connectivity index (χ1) is 16.0. The van der Waals surface area contributed by atoms with Gasteiger partial charge in [0.05, 0.1) is 12.3 Å². The van der Waals surface area contributed by atoms with Crippen LogP contribution in [-0.2, 0) is 17.9 Å². The van der Waals surface area contributed by atoms with Gasteiger partial charge in [-0.3, -0.25) is 9.36 Å². The summed E-state index contributed by atoms with van der Waals surface area (Å²) in [6.45, 7) is 2.45. The van der Waals surface area contributed by atoms with E-state index >= 15 is 0 Å². The maximum absolute atomic E-state index is 13.7. The van der Waals surface area contributed by atoms with Gasteiger partial charge in [-0.2, -0.15) is 0 Å². The van der Waals surface area contributed by atoms with E-state index in [1.165, 1.54) is 30.0 Å². The van der Waals surface area contributed by atoms with Gasteiger partial charge in [0.25, 0.3) is 0 Å². The Balaban J connectivity index is 1.47. The van der Waals surface area contributed by atoms with Gasteiger partial charge in [-0.15, -0.1) is 10.2 Å². The number of rotatable bonds is 8. The number of aromatic nitrogens is 3. The van der Waals surface area contributed by atoms with E-state index in [-0.39, 0.29) is 29.8 Å². The second-order valence-corrected chi connectivity index (χ2v) is 8.48. The van der Waals surface area contributed by atoms with Gasteiger partial charge in [-0.1, -0.05) is 54.2 Å². The highest BCUT2D eigenvalue weighted by Crippen LogP contribution is 2.25. The number of benzene rings is 3. The van der Waals surface area contributed by atoms with Gasteiger partial charge in [0.15, 0.2) is 11.0 Å². The Morgan fingerprint density at radius 2 is 1.73 bits per heavy atom. The minimum Gasteiger partial charge on any atom is -0.351 e. The molecule has 0 saturated carbocycles. The van der Waals surface area contributed by atoms with Crippen molar-refractivity contribution in [1.82, 2.24) is 20.1 Å². The first kappa shape index (κ1) is 22.7. The summed E-state index contributed by atoms with van der Waals surface area (Å²) >= 11 is 1.26. The molecule has 3 aromatic carbocycles. The molecule has 1 heterocycles. The molecule has 0 radical (unpaired) electrons. The molecule has 0 aliphatic carbocycles. The molecular formula is C25H22F2N4OS. The third-order valence-corrected chi connectivity index (χ3v) is 6.03. The van der Waals surface area contributed by atoms with E-state index in [1.54, 1.807) is 31.2 Å². The lowest BCUT2D eigenvalue weighted by Gasteiger charge is -2.11. The van der Waals surface area contributed by atoms with Crippen molar-refractivity contribution in [3.63, 3.8) is 0 Å². The molecule has 33 heavy (non-hydrogen) atoms. The molecule has 4 rings (SSSR count). The van der Waals surface area contributed by atoms with Crippen LogP contribution in [-0.4, -0.2) is 26.4 Å². The van der Waals surface area contributed by atoms with Gasteiger partial charge in [-0.25, -0.2) is 8.78 Å². The lowest BCUT2D eigenvalue weighted by Crippen LogP contribution is -2.24. The van der Waals surface area contributed by atoms with E-state index < -0.39 is 0 Å². The smallest absolute Gasteiger partial charge is 0.230 e. The largest absolute Gasteiger partial charge is 0.351 e. The lowest BCUT2D eigenvalue weighted by atomic mass is 10.1. The van der Waals surface area contributed by atoms with Crippen molar-refractivity contribution in [3.05, 3.63) is 101 Å². The van der Waals surface area contributed by atoms with Crippen LogP contribution in [0.3, 0.4) is 0 Å². The van der Waals surface area contributed by atoms with Crippen molar-refractivity contribution in [2.24, 2.45) is 0 Å². The van der Waals surface area contributed by atoms with E-state index in [0.29, 0.717) is 28.7 Å². The maximum Gasteiger partial charge on any atom is 0.230 e. The number of carbonyl (C=O) groups is 1. The van der Waals surface area contributed by atoms with Gasteiger partial charge in [0.1, 0.15) is 11.6 Å². The van der Waals surface area contributed by atoms with Crippen molar-refractivity contribution >= 4 is 17.7 Å². The van der Waals surface area contributed by atoms with Crippen LogP contribution in [0.15, 0.2) is 78.0 Å². The van der Waals surface area contributed by atoms with Crippen LogP contribution in [0.1, 0.15) is 16.7 Å². The van der Waals surface area contributed by atoms with Crippen LogP contribution in [0.25, 0.3) is 11.4 Å². The summed E-state index contributed by atoms with van der Waals surface area (Å²) < 4.78 is 29.0. The third-order valence-electron chi connectivity index (χ3n) is 5.06. The van der Waals surface area contributed by atoms with Crippen LogP contribution in [0.4, 0.5) is 8.78 Å². The van der Waals surface area contributed by atoms with Gasteiger partial charge >= 0.3 is 0 Å². The Labute approximate surface area is 194 Å². The Morgan fingerprint density at radius 3 is 2.45 bits per heavy atom. The number of halogens is 2. The standard InChI is InChI=1S/C25H22F2N4OS/c1-17-7-8-19(13-22(17)27)14-28-23(32)16-33-25-30-29-24(20-9-11-21(26)12-10-20)31(25)15-18-5-3-2-4-6-18/h2-13H,14-16H2,1H3,(H,28,32). The molecule has 0 spiro atoms. The van der Waals surface area contributed by atoms with E-state index in [0.717, 1.165) is 11.1 Å². The van der Waals surface area contributed by atoms with E-state index in [9.17, 15) is 13.6 Å². The quantitative estimate of drug-likeness (QED) is 0.373. The molecule has 4 aromatic rings. The summed E-state index contributed by atoms with van der Waals surface area (Å²) in [6, 6.07) is 20.8. The van der Waals surface area contributed by atoms with Crippen molar-refractivity contribution in [2.45, 2.75) is 25.2 Å². The number of amides is 1. The minimum atomic E-state index is -0.326. The van der Waals surface area contributed by atoms with E-state index in [2.05, 4.69) is 15.5 Å². The topological polar surface area (TPSA) is 59.8 Å². The zero-order valence-corrected chi connectivity index (χ0v) is 18.8. The Kier molecular flexibility index (Phi) is 7.14. The highest BCUT2D eigenvalue weighted by Gasteiger charge is 2.16. The van der Waals surface area contributed by atoms with Gasteiger partial charge < -0.3 is 5.32 Å². The first-order valence-electron chi connectivity index (χ1n) is 10.4. The molecule has 1 amide bonds. The third kappa shape index (κ3) is 5.84. The molecular weight excluding hydrogens is 442 g/mol. The fraction of sp³-hybridized carbons (Fsp3) is 0.160. The summed E-state index contributed by atoms with van der Waals surface area (Å²) in [7, 11) is 0. The normalized spacial score (nSPS) is 10.9. The van der Waals surface area contributed by atoms with Crippen LogP contribution < -0.4 is 5.32 Å². The average Bonchev–Trinajstić information content (AvgIpc) is 3.22. The number of nitrogens with zero attached hydrogens (tertiary/aromatic N) is 3. The predicted molar refractivity (Wildman–Crippen MR) is 125 cm³/mol. The second kappa shape index (κ2) is 10.4. The zero-order chi connectivity index (χ0) is 23.2. The fourth-order valence-corrected chi connectivity index (χ4v) is 4.01. The highest BCUT2D eigenvalue weighted by atomic mass is 32.2. The van der Waals surface area contributed by atoms with Crippen molar-refractivity contribution in [2.75, 3.05) is 5.75 Å². The molecule has 0 saturated heterocycles. The van der Waals surface area contributed by atoms with Crippen LogP contribution in [0, 0.1) is 18.6 Å². The number of nitrogens with one attached hydrogen (secondary N) is 1. The SMILES string of the molecule is Cc1ccc(CNC(=O)CSc2nnc(-c3ccc(F)cc3)n2Cc2ccccc2)cc1F. The number of hydrogen-bond donors (Lipinski definition) is 1. The summed E-state index contributed by atoms with van der Waals surface area (Å²) in [5.41, 5.74) is 3.04. The van der Waals surface area contributed by atoms with E-state index in [1.807, 2.05) is 34.9 Å². The molecule has 1 N–H and O–H groups in total. The monoisotopic (exact) mass is 464 g/mol. The average molecular weight is 465 g/mol. The number of aryl methyl sites for hydroxylation is 1. The Bertz CT molecular complexity index is 1240. The number of thioether (sulfide) groups is 1. The molecule has 1 aromatic heterocycles.